The van der Waals surface area contributed by atoms with Crippen molar-refractivity contribution >= 4 is 17.7 Å². The van der Waals surface area contributed by atoms with Gasteiger partial charge in [0.2, 0.25) is 0 Å². The Balaban J connectivity index is 1.94. The molecule has 1 aromatic heterocycles. The Labute approximate surface area is 129 Å². The first-order valence-corrected chi connectivity index (χ1v) is 6.76. The van der Waals surface area contributed by atoms with Crippen molar-refractivity contribution in [2.45, 2.75) is 6.92 Å². The molecule has 5 heteroatoms. The molecular weight excluding hydrogens is 278 g/mol. The Morgan fingerprint density at radius 3 is 2.50 bits per heavy atom. The molecular formula is C17H17N3O2. The Morgan fingerprint density at radius 2 is 1.86 bits per heavy atom. The van der Waals surface area contributed by atoms with Crippen LogP contribution >= 0.6 is 0 Å². The lowest BCUT2D eigenvalue weighted by atomic mass is 10.2. The average molecular weight is 295 g/mol. The van der Waals surface area contributed by atoms with Crippen molar-refractivity contribution in [2.75, 3.05) is 7.11 Å². The van der Waals surface area contributed by atoms with Gasteiger partial charge in [0.25, 0.3) is 5.91 Å². The second kappa shape index (κ2) is 7.73. The van der Waals surface area contributed by atoms with E-state index >= 15 is 0 Å². The first-order valence-electron chi connectivity index (χ1n) is 6.76. The van der Waals surface area contributed by atoms with Gasteiger partial charge in [0.15, 0.2) is 0 Å². The number of pyridine rings is 1. The monoisotopic (exact) mass is 295 g/mol. The summed E-state index contributed by atoms with van der Waals surface area (Å²) in [6, 6.07) is 10.9. The number of amides is 1. The number of hydrogen-bond acceptors (Lipinski definition) is 4. The first kappa shape index (κ1) is 15.4. The highest BCUT2D eigenvalue weighted by atomic mass is 16.5. The zero-order chi connectivity index (χ0) is 15.8. The van der Waals surface area contributed by atoms with E-state index < -0.39 is 0 Å². The van der Waals surface area contributed by atoms with Gasteiger partial charge in [-0.15, -0.1) is 0 Å². The quantitative estimate of drug-likeness (QED) is 0.681. The minimum absolute atomic E-state index is 0.264. The van der Waals surface area contributed by atoms with E-state index in [1.165, 1.54) is 0 Å². The second-order valence-electron chi connectivity index (χ2n) is 4.54. The molecule has 2 aromatic rings. The van der Waals surface area contributed by atoms with Crippen LogP contribution in [-0.4, -0.2) is 23.7 Å². The van der Waals surface area contributed by atoms with Gasteiger partial charge >= 0.3 is 0 Å². The normalized spacial score (nSPS) is 11.5. The lowest BCUT2D eigenvalue weighted by Crippen LogP contribution is -2.18. The molecule has 5 nitrogen and oxygen atoms in total. The summed E-state index contributed by atoms with van der Waals surface area (Å²) < 4.78 is 5.10. The molecule has 0 spiro atoms. The number of nitrogens with one attached hydrogen (secondary N) is 1. The van der Waals surface area contributed by atoms with Crippen LogP contribution in [0.2, 0.25) is 0 Å². The van der Waals surface area contributed by atoms with Crippen LogP contribution in [0, 0.1) is 0 Å². The molecule has 22 heavy (non-hydrogen) atoms. The summed E-state index contributed by atoms with van der Waals surface area (Å²) in [5, 5.41) is 4.03. The highest BCUT2D eigenvalue weighted by molar-refractivity contribution is 5.99. The summed E-state index contributed by atoms with van der Waals surface area (Å²) >= 11 is 0. The number of ether oxygens (including phenoxy) is 1. The third kappa shape index (κ3) is 4.56. The molecule has 0 atom stereocenters. The smallest absolute Gasteiger partial charge is 0.271 e. The average Bonchev–Trinajstić information content (AvgIpc) is 2.59. The summed E-state index contributed by atoms with van der Waals surface area (Å²) in [6.07, 6.45) is 6.87. The summed E-state index contributed by atoms with van der Waals surface area (Å²) in [4.78, 5) is 15.7. The van der Waals surface area contributed by atoms with Crippen LogP contribution in [0.25, 0.3) is 6.08 Å². The highest BCUT2D eigenvalue weighted by Crippen LogP contribution is 2.12. The topological polar surface area (TPSA) is 63.6 Å². The molecule has 2 rings (SSSR count). The van der Waals surface area contributed by atoms with E-state index in [4.69, 9.17) is 4.74 Å². The van der Waals surface area contributed by atoms with E-state index in [0.717, 1.165) is 11.3 Å². The van der Waals surface area contributed by atoms with Gasteiger partial charge in [-0.3, -0.25) is 9.78 Å². The summed E-state index contributed by atoms with van der Waals surface area (Å²) in [5.74, 6) is 0.548. The molecule has 0 bridgehead atoms. The number of benzene rings is 1. The molecule has 0 aliphatic heterocycles. The van der Waals surface area contributed by atoms with Gasteiger partial charge in [-0.1, -0.05) is 18.2 Å². The van der Waals surface area contributed by atoms with Gasteiger partial charge in [-0.25, -0.2) is 5.43 Å². The molecule has 112 valence electrons. The number of allylic oxidation sites excluding steroid dienone is 1. The van der Waals surface area contributed by atoms with Gasteiger partial charge in [0, 0.05) is 18.0 Å². The van der Waals surface area contributed by atoms with Gasteiger partial charge < -0.3 is 4.74 Å². The van der Waals surface area contributed by atoms with Crippen molar-refractivity contribution in [1.29, 1.82) is 0 Å². The Morgan fingerprint density at radius 1 is 1.18 bits per heavy atom. The van der Waals surface area contributed by atoms with E-state index in [1.54, 1.807) is 31.6 Å². The number of carbonyl (C=O) groups excluding carboxylic acids is 1. The number of carbonyl (C=O) groups is 1. The second-order valence-corrected chi connectivity index (χ2v) is 4.54. The number of methoxy groups -OCH3 is 1. The fourth-order valence-electron chi connectivity index (χ4n) is 1.68. The van der Waals surface area contributed by atoms with E-state index in [9.17, 15) is 4.79 Å². The minimum Gasteiger partial charge on any atom is -0.497 e. The zero-order valence-corrected chi connectivity index (χ0v) is 12.5. The summed E-state index contributed by atoms with van der Waals surface area (Å²) in [7, 11) is 1.63. The van der Waals surface area contributed by atoms with Crippen molar-refractivity contribution in [3.63, 3.8) is 0 Å². The SMILES string of the molecule is COc1ccc(/C=C/C(C)=N/NC(=O)c2ccncc2)cc1. The Bertz CT molecular complexity index is 677. The van der Waals surface area contributed by atoms with Crippen molar-refractivity contribution in [2.24, 2.45) is 5.10 Å². The third-order valence-corrected chi connectivity index (χ3v) is 2.91. The van der Waals surface area contributed by atoms with Crippen LogP contribution in [0.1, 0.15) is 22.8 Å². The van der Waals surface area contributed by atoms with Crippen LogP contribution < -0.4 is 10.2 Å². The fourth-order valence-corrected chi connectivity index (χ4v) is 1.68. The lowest BCUT2D eigenvalue weighted by Gasteiger charge is -2.00. The Kier molecular flexibility index (Phi) is 5.43. The van der Waals surface area contributed by atoms with Crippen molar-refractivity contribution in [3.05, 3.63) is 66.0 Å². The minimum atomic E-state index is -0.264. The number of hydrazone groups is 1. The van der Waals surface area contributed by atoms with Crippen molar-refractivity contribution in [1.82, 2.24) is 10.4 Å². The molecule has 0 saturated heterocycles. The standard InChI is InChI=1S/C17H17N3O2/c1-13(3-4-14-5-7-16(22-2)8-6-14)19-20-17(21)15-9-11-18-12-10-15/h3-12H,1-2H3,(H,20,21)/b4-3+,19-13+. The molecule has 0 saturated carbocycles. The number of hydrogen-bond donors (Lipinski definition) is 1. The molecule has 1 N–H and O–H groups in total. The summed E-state index contributed by atoms with van der Waals surface area (Å²) in [6.45, 7) is 1.81. The molecule has 1 heterocycles. The predicted octanol–water partition coefficient (Wildman–Crippen LogP) is 2.91. The first-order chi connectivity index (χ1) is 10.7. The summed E-state index contributed by atoms with van der Waals surface area (Å²) in [5.41, 5.74) is 4.74. The van der Waals surface area contributed by atoms with E-state index in [1.807, 2.05) is 43.3 Å². The van der Waals surface area contributed by atoms with E-state index in [-0.39, 0.29) is 5.91 Å². The van der Waals surface area contributed by atoms with Gasteiger partial charge in [-0.2, -0.15) is 5.10 Å². The van der Waals surface area contributed by atoms with Crippen molar-refractivity contribution < 1.29 is 9.53 Å². The van der Waals surface area contributed by atoms with E-state index in [2.05, 4.69) is 15.5 Å². The number of nitrogens with zero attached hydrogens (tertiary/aromatic N) is 2. The van der Waals surface area contributed by atoms with Gasteiger partial charge in [0.1, 0.15) is 5.75 Å². The molecule has 1 aromatic carbocycles. The zero-order valence-electron chi connectivity index (χ0n) is 12.5. The maximum Gasteiger partial charge on any atom is 0.271 e. The highest BCUT2D eigenvalue weighted by Gasteiger charge is 2.02. The predicted molar refractivity (Wildman–Crippen MR) is 86.8 cm³/mol. The third-order valence-electron chi connectivity index (χ3n) is 2.91. The molecule has 0 fully saturated rings. The molecule has 0 aliphatic carbocycles. The number of aromatic nitrogens is 1. The Hall–Kier alpha value is -2.95. The van der Waals surface area contributed by atoms with Crippen LogP contribution in [0.4, 0.5) is 0 Å². The largest absolute Gasteiger partial charge is 0.497 e. The van der Waals surface area contributed by atoms with E-state index in [0.29, 0.717) is 11.3 Å². The van der Waals surface area contributed by atoms with Crippen LogP contribution in [0.3, 0.4) is 0 Å². The van der Waals surface area contributed by atoms with Crippen LogP contribution in [0.5, 0.6) is 5.75 Å². The number of rotatable bonds is 5. The van der Waals surface area contributed by atoms with Gasteiger partial charge in [0.05, 0.1) is 12.8 Å². The molecule has 0 aliphatic rings. The maximum atomic E-state index is 11.8. The van der Waals surface area contributed by atoms with Crippen LogP contribution in [-0.2, 0) is 0 Å². The van der Waals surface area contributed by atoms with Crippen LogP contribution in [0.15, 0.2) is 60.0 Å². The van der Waals surface area contributed by atoms with Crippen molar-refractivity contribution in [3.8, 4) is 5.75 Å². The fraction of sp³-hybridized carbons (Fsp3) is 0.118. The molecule has 0 radical (unpaired) electrons. The molecule has 1 amide bonds. The van der Waals surface area contributed by atoms with Gasteiger partial charge in [-0.05, 0) is 42.8 Å². The maximum absolute atomic E-state index is 11.8. The lowest BCUT2D eigenvalue weighted by molar-refractivity contribution is 0.0954. The molecule has 0 unspecified atom stereocenters.